The minimum Gasteiger partial charge on any atom is -0.382 e. The first-order chi connectivity index (χ1) is 9.34. The Morgan fingerprint density at radius 1 is 1.45 bits per heavy atom. The summed E-state index contributed by atoms with van der Waals surface area (Å²) in [5.74, 6) is -1.15. The smallest absolute Gasteiger partial charge is 0.238 e. The first-order valence-electron chi connectivity index (χ1n) is 6.04. The van der Waals surface area contributed by atoms with Gasteiger partial charge in [-0.05, 0) is 31.5 Å². The molecule has 0 spiro atoms. The van der Waals surface area contributed by atoms with E-state index in [-0.39, 0.29) is 17.0 Å². The number of anilines is 1. The van der Waals surface area contributed by atoms with Gasteiger partial charge in [-0.1, -0.05) is 0 Å². The highest BCUT2D eigenvalue weighted by molar-refractivity contribution is 7.89. The zero-order valence-corrected chi connectivity index (χ0v) is 11.9. The maximum absolute atomic E-state index is 13.5. The number of ether oxygens (including phenoxy) is 1. The molecule has 3 N–H and O–H groups in total. The summed E-state index contributed by atoms with van der Waals surface area (Å²) in [6.45, 7) is 2.84. The average Bonchev–Trinajstić information content (AvgIpc) is 2.36. The van der Waals surface area contributed by atoms with Gasteiger partial charge in [0.15, 0.2) is 0 Å². The molecule has 0 aliphatic rings. The Kier molecular flexibility index (Phi) is 6.05. The van der Waals surface area contributed by atoms with E-state index in [1.165, 1.54) is 0 Å². The minimum atomic E-state index is -3.94. The number of sulfonamides is 1. The molecule has 0 saturated heterocycles. The van der Waals surface area contributed by atoms with Crippen molar-refractivity contribution in [3.8, 4) is 0 Å². The Morgan fingerprint density at radius 2 is 2.15 bits per heavy atom. The fraction of sp³-hybridized carbons (Fsp3) is 0.417. The average molecular weight is 304 g/mol. The standard InChI is InChI=1S/C12H17FN2O4S/c1-2-19-7-3-4-12(16)15-11-8-9(20(14,17)18)5-6-10(11)13/h5-6,8H,2-4,7H2,1H3,(H,15,16)(H2,14,17,18). The van der Waals surface area contributed by atoms with Crippen molar-refractivity contribution in [3.05, 3.63) is 24.0 Å². The van der Waals surface area contributed by atoms with Crippen LogP contribution in [-0.2, 0) is 19.6 Å². The Bertz CT molecular complexity index is 575. The lowest BCUT2D eigenvalue weighted by atomic mass is 10.2. The van der Waals surface area contributed by atoms with E-state index in [0.29, 0.717) is 19.6 Å². The predicted molar refractivity (Wildman–Crippen MR) is 72.1 cm³/mol. The third-order valence-corrected chi connectivity index (χ3v) is 3.35. The Hall–Kier alpha value is -1.51. The molecule has 0 saturated carbocycles. The number of halogens is 1. The van der Waals surface area contributed by atoms with Gasteiger partial charge in [0, 0.05) is 19.6 Å². The number of nitrogens with one attached hydrogen (secondary N) is 1. The summed E-state index contributed by atoms with van der Waals surface area (Å²) in [5, 5.41) is 7.25. The van der Waals surface area contributed by atoms with Gasteiger partial charge in [0.1, 0.15) is 5.82 Å². The van der Waals surface area contributed by atoms with Crippen molar-refractivity contribution in [2.45, 2.75) is 24.7 Å². The van der Waals surface area contributed by atoms with E-state index >= 15 is 0 Å². The van der Waals surface area contributed by atoms with Gasteiger partial charge in [0.2, 0.25) is 15.9 Å². The van der Waals surface area contributed by atoms with Gasteiger partial charge in [-0.3, -0.25) is 4.79 Å². The Balaban J connectivity index is 2.69. The molecule has 6 nitrogen and oxygen atoms in total. The molecule has 0 heterocycles. The topological polar surface area (TPSA) is 98.5 Å². The van der Waals surface area contributed by atoms with Crippen LogP contribution in [0.5, 0.6) is 0 Å². The second-order valence-corrected chi connectivity index (χ2v) is 5.60. The number of amides is 1. The number of hydrogen-bond donors (Lipinski definition) is 2. The van der Waals surface area contributed by atoms with Crippen LogP contribution in [0.3, 0.4) is 0 Å². The van der Waals surface area contributed by atoms with Gasteiger partial charge in [-0.2, -0.15) is 0 Å². The van der Waals surface area contributed by atoms with E-state index < -0.39 is 21.7 Å². The third-order valence-electron chi connectivity index (χ3n) is 2.44. The first-order valence-corrected chi connectivity index (χ1v) is 7.59. The van der Waals surface area contributed by atoms with Crippen LogP contribution >= 0.6 is 0 Å². The Morgan fingerprint density at radius 3 is 2.75 bits per heavy atom. The van der Waals surface area contributed by atoms with E-state index in [1.54, 1.807) is 0 Å². The van der Waals surface area contributed by atoms with E-state index in [2.05, 4.69) is 5.32 Å². The van der Waals surface area contributed by atoms with Crippen LogP contribution < -0.4 is 10.5 Å². The van der Waals surface area contributed by atoms with Crippen LogP contribution in [0.2, 0.25) is 0 Å². The van der Waals surface area contributed by atoms with Crippen molar-refractivity contribution in [2.24, 2.45) is 5.14 Å². The number of hydrogen-bond acceptors (Lipinski definition) is 4. The van der Waals surface area contributed by atoms with Crippen molar-refractivity contribution >= 4 is 21.6 Å². The second kappa shape index (κ2) is 7.32. The van der Waals surface area contributed by atoms with Gasteiger partial charge in [-0.15, -0.1) is 0 Å². The highest BCUT2D eigenvalue weighted by atomic mass is 32.2. The highest BCUT2D eigenvalue weighted by Crippen LogP contribution is 2.19. The molecule has 112 valence electrons. The molecule has 0 unspecified atom stereocenters. The monoisotopic (exact) mass is 304 g/mol. The molecule has 0 radical (unpaired) electrons. The number of primary sulfonamides is 1. The summed E-state index contributed by atoms with van der Waals surface area (Å²) >= 11 is 0. The normalized spacial score (nSPS) is 11.3. The summed E-state index contributed by atoms with van der Waals surface area (Å²) in [6, 6.07) is 2.97. The molecule has 0 aliphatic heterocycles. The molecule has 0 aliphatic carbocycles. The van der Waals surface area contributed by atoms with E-state index in [0.717, 1.165) is 18.2 Å². The zero-order valence-electron chi connectivity index (χ0n) is 11.1. The maximum atomic E-state index is 13.5. The third kappa shape index (κ3) is 5.24. The largest absolute Gasteiger partial charge is 0.382 e. The Labute approximate surface area is 117 Å². The van der Waals surface area contributed by atoms with Crippen LogP contribution in [0.4, 0.5) is 10.1 Å². The zero-order chi connectivity index (χ0) is 15.2. The van der Waals surface area contributed by atoms with E-state index in [4.69, 9.17) is 9.88 Å². The van der Waals surface area contributed by atoms with Gasteiger partial charge in [0.05, 0.1) is 10.6 Å². The molecule has 1 amide bonds. The fourth-order valence-corrected chi connectivity index (χ4v) is 2.01. The van der Waals surface area contributed by atoms with E-state index in [9.17, 15) is 17.6 Å². The number of carbonyl (C=O) groups excluding carboxylic acids is 1. The minimum absolute atomic E-state index is 0.152. The van der Waals surface area contributed by atoms with Crippen LogP contribution in [0.15, 0.2) is 23.1 Å². The molecule has 0 fully saturated rings. The van der Waals surface area contributed by atoms with Crippen LogP contribution in [0, 0.1) is 5.82 Å². The first kappa shape index (κ1) is 16.5. The number of carbonyl (C=O) groups is 1. The summed E-state index contributed by atoms with van der Waals surface area (Å²) in [7, 11) is -3.94. The molecular formula is C12H17FN2O4S. The molecule has 1 rings (SSSR count). The van der Waals surface area contributed by atoms with Crippen molar-refractivity contribution < 1.29 is 22.3 Å². The number of rotatable bonds is 7. The van der Waals surface area contributed by atoms with E-state index in [1.807, 2.05) is 6.92 Å². The van der Waals surface area contributed by atoms with Gasteiger partial charge in [0.25, 0.3) is 0 Å². The molecule has 0 bridgehead atoms. The highest BCUT2D eigenvalue weighted by Gasteiger charge is 2.13. The molecule has 1 aromatic carbocycles. The maximum Gasteiger partial charge on any atom is 0.238 e. The predicted octanol–water partition coefficient (Wildman–Crippen LogP) is 1.23. The van der Waals surface area contributed by atoms with Crippen molar-refractivity contribution in [2.75, 3.05) is 18.5 Å². The number of benzene rings is 1. The second-order valence-electron chi connectivity index (χ2n) is 4.04. The van der Waals surface area contributed by atoms with Crippen LogP contribution in [-0.4, -0.2) is 27.5 Å². The van der Waals surface area contributed by atoms with Gasteiger partial charge < -0.3 is 10.1 Å². The van der Waals surface area contributed by atoms with Crippen molar-refractivity contribution in [1.29, 1.82) is 0 Å². The van der Waals surface area contributed by atoms with Gasteiger partial charge in [-0.25, -0.2) is 17.9 Å². The SMILES string of the molecule is CCOCCCC(=O)Nc1cc(S(N)(=O)=O)ccc1F. The van der Waals surface area contributed by atoms with Crippen molar-refractivity contribution in [1.82, 2.24) is 0 Å². The summed E-state index contributed by atoms with van der Waals surface area (Å²) in [5.41, 5.74) is -0.210. The molecule has 20 heavy (non-hydrogen) atoms. The lowest BCUT2D eigenvalue weighted by Crippen LogP contribution is -2.16. The molecule has 0 aromatic heterocycles. The lowest BCUT2D eigenvalue weighted by Gasteiger charge is -2.08. The van der Waals surface area contributed by atoms with Crippen LogP contribution in [0.25, 0.3) is 0 Å². The molecule has 8 heteroatoms. The molecule has 0 atom stereocenters. The fourth-order valence-electron chi connectivity index (χ4n) is 1.47. The van der Waals surface area contributed by atoms with Crippen LogP contribution in [0.1, 0.15) is 19.8 Å². The summed E-state index contributed by atoms with van der Waals surface area (Å²) in [6.07, 6.45) is 0.648. The molecular weight excluding hydrogens is 287 g/mol. The lowest BCUT2D eigenvalue weighted by molar-refractivity contribution is -0.116. The molecule has 1 aromatic rings. The van der Waals surface area contributed by atoms with Crippen molar-refractivity contribution in [3.63, 3.8) is 0 Å². The quantitative estimate of drug-likeness (QED) is 0.740. The number of nitrogens with two attached hydrogens (primary N) is 1. The summed E-state index contributed by atoms with van der Waals surface area (Å²) < 4.78 is 40.9. The van der Waals surface area contributed by atoms with Gasteiger partial charge >= 0.3 is 0 Å². The summed E-state index contributed by atoms with van der Waals surface area (Å²) in [4.78, 5) is 11.3.